The Balaban J connectivity index is 1.37. The van der Waals surface area contributed by atoms with Crippen LogP contribution in [0.3, 0.4) is 0 Å². The molecule has 0 amide bonds. The second kappa shape index (κ2) is 11.9. The van der Waals surface area contributed by atoms with E-state index in [1.54, 1.807) is 18.7 Å². The summed E-state index contributed by atoms with van der Waals surface area (Å²) in [6, 6.07) is 6.75. The van der Waals surface area contributed by atoms with Crippen LogP contribution in [-0.2, 0) is 4.79 Å². The molecule has 1 fully saturated rings. The lowest BCUT2D eigenvalue weighted by molar-refractivity contribution is -0.146. The Bertz CT molecular complexity index is 1180. The SMILES string of the molecule is COc1ccc2ncc(Cl)c(C(N)CCC3CCN(CCSc4sccc4F)CC3C(=O)O)c2c1. The van der Waals surface area contributed by atoms with E-state index in [2.05, 4.69) is 9.88 Å². The molecule has 0 spiro atoms. The van der Waals surface area contributed by atoms with Gasteiger partial charge in [0.1, 0.15) is 11.6 Å². The second-order valence-corrected chi connectivity index (χ2v) is 11.5. The van der Waals surface area contributed by atoms with Crippen LogP contribution in [0.4, 0.5) is 4.39 Å². The number of carboxylic acid groups (broad SMARTS) is 1. The molecule has 35 heavy (non-hydrogen) atoms. The number of fused-ring (bicyclic) bond motifs is 1. The highest BCUT2D eigenvalue weighted by molar-refractivity contribution is 8.01. The normalized spacial score (nSPS) is 19.7. The van der Waals surface area contributed by atoms with Gasteiger partial charge >= 0.3 is 5.97 Å². The number of hydrogen-bond acceptors (Lipinski definition) is 7. The van der Waals surface area contributed by atoms with E-state index >= 15 is 0 Å². The van der Waals surface area contributed by atoms with Crippen LogP contribution in [0.2, 0.25) is 5.02 Å². The third-order valence-electron chi connectivity index (χ3n) is 6.67. The van der Waals surface area contributed by atoms with Crippen molar-refractivity contribution in [3.8, 4) is 5.75 Å². The molecule has 3 aromatic rings. The van der Waals surface area contributed by atoms with Crippen LogP contribution in [0.15, 0.2) is 40.1 Å². The lowest BCUT2D eigenvalue weighted by Crippen LogP contribution is -2.44. The minimum Gasteiger partial charge on any atom is -0.497 e. The van der Waals surface area contributed by atoms with E-state index in [4.69, 9.17) is 22.1 Å². The number of nitrogens with zero attached hydrogens (tertiary/aromatic N) is 2. The van der Waals surface area contributed by atoms with E-state index < -0.39 is 11.9 Å². The van der Waals surface area contributed by atoms with E-state index in [-0.39, 0.29) is 17.8 Å². The van der Waals surface area contributed by atoms with Crippen LogP contribution in [0.5, 0.6) is 5.75 Å². The molecule has 3 heterocycles. The lowest BCUT2D eigenvalue weighted by Gasteiger charge is -2.37. The maximum atomic E-state index is 13.6. The van der Waals surface area contributed by atoms with Crippen LogP contribution in [-0.4, -0.2) is 53.5 Å². The fourth-order valence-electron chi connectivity index (χ4n) is 4.76. The van der Waals surface area contributed by atoms with Gasteiger partial charge in [-0.2, -0.15) is 0 Å². The molecule has 0 bridgehead atoms. The summed E-state index contributed by atoms with van der Waals surface area (Å²) >= 11 is 9.38. The van der Waals surface area contributed by atoms with Crippen molar-refractivity contribution in [2.75, 3.05) is 32.5 Å². The molecule has 1 aliphatic heterocycles. The van der Waals surface area contributed by atoms with Crippen molar-refractivity contribution >= 4 is 51.6 Å². The molecule has 4 rings (SSSR count). The maximum absolute atomic E-state index is 13.6. The molecular weight excluding hydrogens is 509 g/mol. The fraction of sp³-hybridized carbons (Fsp3) is 0.440. The first kappa shape index (κ1) is 26.2. The van der Waals surface area contributed by atoms with Crippen LogP contribution in [0, 0.1) is 17.7 Å². The van der Waals surface area contributed by atoms with Crippen LogP contribution in [0.25, 0.3) is 10.9 Å². The zero-order valence-corrected chi connectivity index (χ0v) is 21.8. The van der Waals surface area contributed by atoms with Crippen molar-refractivity contribution in [2.24, 2.45) is 17.6 Å². The number of piperidine rings is 1. The van der Waals surface area contributed by atoms with Crippen LogP contribution < -0.4 is 10.5 Å². The predicted octanol–water partition coefficient (Wildman–Crippen LogP) is 5.69. The number of pyridine rings is 1. The first-order valence-corrected chi connectivity index (χ1v) is 13.8. The van der Waals surface area contributed by atoms with Crippen molar-refractivity contribution in [1.29, 1.82) is 0 Å². The summed E-state index contributed by atoms with van der Waals surface area (Å²) in [5, 5.41) is 13.0. The minimum atomic E-state index is -0.776. The Morgan fingerprint density at radius 1 is 1.46 bits per heavy atom. The molecule has 1 aromatic carbocycles. The summed E-state index contributed by atoms with van der Waals surface area (Å²) < 4.78 is 19.7. The molecule has 3 N–H and O–H groups in total. The van der Waals surface area contributed by atoms with Gasteiger partial charge in [0.15, 0.2) is 0 Å². The van der Waals surface area contributed by atoms with Gasteiger partial charge in [0.05, 0.1) is 27.8 Å². The van der Waals surface area contributed by atoms with Crippen molar-refractivity contribution in [3.05, 3.63) is 52.2 Å². The highest BCUT2D eigenvalue weighted by Crippen LogP contribution is 2.36. The van der Waals surface area contributed by atoms with E-state index in [9.17, 15) is 14.3 Å². The van der Waals surface area contributed by atoms with Gasteiger partial charge in [0.2, 0.25) is 0 Å². The van der Waals surface area contributed by atoms with E-state index in [1.807, 2.05) is 18.2 Å². The Labute approximate surface area is 217 Å². The molecule has 3 atom stereocenters. The molecule has 0 saturated carbocycles. The van der Waals surface area contributed by atoms with Gasteiger partial charge in [-0.1, -0.05) is 11.6 Å². The van der Waals surface area contributed by atoms with Crippen molar-refractivity contribution < 1.29 is 19.0 Å². The number of carboxylic acids is 1. The molecular formula is C25H29ClFN3O3S2. The predicted molar refractivity (Wildman–Crippen MR) is 140 cm³/mol. The Morgan fingerprint density at radius 2 is 2.29 bits per heavy atom. The number of thiophene rings is 1. The van der Waals surface area contributed by atoms with Gasteiger partial charge in [-0.05, 0) is 66.9 Å². The van der Waals surface area contributed by atoms with Crippen LogP contribution >= 0.6 is 34.7 Å². The zero-order chi connectivity index (χ0) is 24.9. The zero-order valence-electron chi connectivity index (χ0n) is 19.5. The third kappa shape index (κ3) is 6.27. The van der Waals surface area contributed by atoms with E-state index in [0.717, 1.165) is 41.7 Å². The highest BCUT2D eigenvalue weighted by Gasteiger charge is 2.34. The van der Waals surface area contributed by atoms with E-state index in [0.29, 0.717) is 34.4 Å². The summed E-state index contributed by atoms with van der Waals surface area (Å²) in [6.45, 7) is 2.06. The highest BCUT2D eigenvalue weighted by atomic mass is 35.5. The number of hydrogen-bond donors (Lipinski definition) is 2. The second-order valence-electron chi connectivity index (χ2n) is 8.79. The largest absolute Gasteiger partial charge is 0.497 e. The standard InChI is InChI=1S/C25H29ClFN3O3S2/c1-33-16-3-5-22-17(12-16)23(19(26)13-29-22)21(28)4-2-15-6-8-30(14-18(15)24(31)32)9-11-35-25-20(27)7-10-34-25/h3,5,7,10,12-13,15,18,21H,2,4,6,8-9,11,14,28H2,1H3,(H,31,32). The van der Waals surface area contributed by atoms with Gasteiger partial charge in [0, 0.05) is 36.5 Å². The lowest BCUT2D eigenvalue weighted by atomic mass is 9.81. The number of thioether (sulfide) groups is 1. The molecule has 6 nitrogen and oxygen atoms in total. The van der Waals surface area contributed by atoms with Gasteiger partial charge in [-0.25, -0.2) is 4.39 Å². The Kier molecular flexibility index (Phi) is 8.88. The molecule has 10 heteroatoms. The minimum absolute atomic E-state index is 0.0404. The molecule has 1 saturated heterocycles. The van der Waals surface area contributed by atoms with Gasteiger partial charge in [0.25, 0.3) is 0 Å². The monoisotopic (exact) mass is 537 g/mol. The first-order chi connectivity index (χ1) is 16.9. The van der Waals surface area contributed by atoms with Crippen LogP contribution in [0.1, 0.15) is 30.9 Å². The Morgan fingerprint density at radius 3 is 3.00 bits per heavy atom. The smallest absolute Gasteiger partial charge is 0.308 e. The molecule has 2 aromatic heterocycles. The number of methoxy groups -OCH3 is 1. The molecule has 188 valence electrons. The summed E-state index contributed by atoms with van der Waals surface area (Å²) in [6.07, 6.45) is 3.73. The van der Waals surface area contributed by atoms with Gasteiger partial charge < -0.3 is 20.5 Å². The number of halogens is 2. The fourth-order valence-corrected chi connectivity index (χ4v) is 6.97. The average Bonchev–Trinajstić information content (AvgIpc) is 3.26. The van der Waals surface area contributed by atoms with Crippen molar-refractivity contribution in [1.82, 2.24) is 9.88 Å². The number of ether oxygens (including phenoxy) is 1. The number of nitrogens with two attached hydrogens (primary N) is 1. The molecule has 0 radical (unpaired) electrons. The molecule has 1 aliphatic rings. The van der Waals surface area contributed by atoms with Crippen molar-refractivity contribution in [2.45, 2.75) is 29.5 Å². The number of aliphatic carboxylic acids is 1. The number of benzene rings is 1. The maximum Gasteiger partial charge on any atom is 0.308 e. The topological polar surface area (TPSA) is 88.7 Å². The van der Waals surface area contributed by atoms with Gasteiger partial charge in [-0.15, -0.1) is 23.1 Å². The quantitative estimate of drug-likeness (QED) is 0.321. The Hall–Kier alpha value is -1.91. The molecule has 3 unspecified atom stereocenters. The van der Waals surface area contributed by atoms with Gasteiger partial charge in [-0.3, -0.25) is 9.78 Å². The number of aromatic nitrogens is 1. The third-order valence-corrected chi connectivity index (χ3v) is 9.14. The first-order valence-electron chi connectivity index (χ1n) is 11.6. The summed E-state index contributed by atoms with van der Waals surface area (Å²) in [4.78, 5) is 18.6. The summed E-state index contributed by atoms with van der Waals surface area (Å²) in [5.41, 5.74) is 8.21. The summed E-state index contributed by atoms with van der Waals surface area (Å²) in [7, 11) is 1.61. The van der Waals surface area contributed by atoms with E-state index in [1.165, 1.54) is 29.2 Å². The number of carbonyl (C=O) groups is 1. The average molecular weight is 538 g/mol. The molecule has 0 aliphatic carbocycles. The number of rotatable bonds is 10. The van der Waals surface area contributed by atoms with Crippen molar-refractivity contribution in [3.63, 3.8) is 0 Å². The summed E-state index contributed by atoms with van der Waals surface area (Å²) in [5.74, 6) is 0.0635. The number of likely N-dealkylation sites (tertiary alicyclic amines) is 1.